The maximum absolute atomic E-state index is 5.62. The minimum atomic E-state index is 0.198. The van der Waals surface area contributed by atoms with Crippen LogP contribution in [-0.4, -0.2) is 44.8 Å². The Kier molecular flexibility index (Phi) is 5.09. The molecular formula is C19H29N5O2. The van der Waals surface area contributed by atoms with E-state index in [4.69, 9.17) is 19.2 Å². The van der Waals surface area contributed by atoms with Gasteiger partial charge in [-0.25, -0.2) is 4.98 Å². The van der Waals surface area contributed by atoms with Gasteiger partial charge in [0.1, 0.15) is 5.82 Å². The largest absolute Gasteiger partial charge is 0.380 e. The molecule has 0 spiro atoms. The van der Waals surface area contributed by atoms with E-state index in [9.17, 15) is 0 Å². The molecule has 26 heavy (non-hydrogen) atoms. The lowest BCUT2D eigenvalue weighted by molar-refractivity contribution is 0.106. The molecular weight excluding hydrogens is 330 g/mol. The number of nitrogens with zero attached hydrogens (tertiary/aromatic N) is 4. The molecule has 3 heterocycles. The fraction of sp³-hybridized carbons (Fsp3) is 0.737. The van der Waals surface area contributed by atoms with Crippen molar-refractivity contribution in [2.24, 2.45) is 0 Å². The molecule has 2 aliphatic rings. The van der Waals surface area contributed by atoms with E-state index in [2.05, 4.69) is 22.0 Å². The summed E-state index contributed by atoms with van der Waals surface area (Å²) in [5.74, 6) is 3.05. The number of imidazole rings is 1. The smallest absolute Gasteiger partial charge is 0.229 e. The van der Waals surface area contributed by atoms with Crippen LogP contribution in [0.1, 0.15) is 79.4 Å². The van der Waals surface area contributed by atoms with Crippen molar-refractivity contribution in [2.45, 2.75) is 77.0 Å². The normalized spacial score (nSPS) is 25.2. The van der Waals surface area contributed by atoms with Crippen molar-refractivity contribution in [1.82, 2.24) is 25.0 Å². The van der Waals surface area contributed by atoms with Crippen LogP contribution in [0.3, 0.4) is 0 Å². The summed E-state index contributed by atoms with van der Waals surface area (Å²) in [6.45, 7) is 5.62. The van der Waals surface area contributed by atoms with Crippen molar-refractivity contribution in [1.29, 1.82) is 0 Å². The van der Waals surface area contributed by atoms with Crippen LogP contribution in [0.15, 0.2) is 4.52 Å². The molecule has 1 saturated heterocycles. The molecule has 1 aliphatic carbocycles. The zero-order chi connectivity index (χ0) is 18.1. The van der Waals surface area contributed by atoms with Crippen molar-refractivity contribution >= 4 is 0 Å². The highest BCUT2D eigenvalue weighted by Crippen LogP contribution is 2.34. The van der Waals surface area contributed by atoms with Crippen LogP contribution in [0.5, 0.6) is 0 Å². The first kappa shape index (κ1) is 17.7. The lowest BCUT2D eigenvalue weighted by Gasteiger charge is -2.20. The minimum absolute atomic E-state index is 0.198. The van der Waals surface area contributed by atoms with Gasteiger partial charge in [0.15, 0.2) is 5.82 Å². The van der Waals surface area contributed by atoms with Gasteiger partial charge in [0.25, 0.3) is 0 Å². The molecule has 4 rings (SSSR count). The van der Waals surface area contributed by atoms with Crippen LogP contribution in [0.4, 0.5) is 0 Å². The monoisotopic (exact) mass is 359 g/mol. The molecule has 0 unspecified atom stereocenters. The third-order valence-electron chi connectivity index (χ3n) is 5.94. The van der Waals surface area contributed by atoms with E-state index >= 15 is 0 Å². The molecule has 2 atom stereocenters. The summed E-state index contributed by atoms with van der Waals surface area (Å²) in [7, 11) is 1.78. The van der Waals surface area contributed by atoms with Gasteiger partial charge >= 0.3 is 0 Å². The highest BCUT2D eigenvalue weighted by atomic mass is 16.5. The van der Waals surface area contributed by atoms with Crippen LogP contribution in [0.2, 0.25) is 0 Å². The molecule has 0 aromatic carbocycles. The van der Waals surface area contributed by atoms with Gasteiger partial charge in [0.2, 0.25) is 5.89 Å². The first-order valence-electron chi connectivity index (χ1n) is 9.76. The predicted octanol–water partition coefficient (Wildman–Crippen LogP) is 3.42. The predicted molar refractivity (Wildman–Crippen MR) is 96.8 cm³/mol. The highest BCUT2D eigenvalue weighted by Gasteiger charge is 2.36. The number of hydrogen-bond donors (Lipinski definition) is 1. The van der Waals surface area contributed by atoms with Crippen molar-refractivity contribution in [3.05, 3.63) is 28.9 Å². The molecule has 142 valence electrons. The van der Waals surface area contributed by atoms with Crippen molar-refractivity contribution < 1.29 is 9.26 Å². The Bertz CT molecular complexity index is 715. The Morgan fingerprint density at radius 1 is 1.19 bits per heavy atom. The number of hydrogen-bond acceptors (Lipinski definition) is 6. The number of H-pyrrole nitrogens is 1. The molecule has 1 aliphatic heterocycles. The van der Waals surface area contributed by atoms with E-state index in [1.807, 2.05) is 6.92 Å². The Hall–Kier alpha value is -1.73. The number of aromatic nitrogens is 4. The standard InChI is InChI=1S/C19H29N5O2/c1-12-13(2)21-18(20-12)16-9-15(25-3)10-24(16)11-17-22-19(26-23-17)14-7-5-4-6-8-14/h14-16H,4-11H2,1-3H3,(H,20,21)/t15-,16+/m1/s1. The number of rotatable bonds is 5. The van der Waals surface area contributed by atoms with E-state index in [1.54, 1.807) is 7.11 Å². The van der Waals surface area contributed by atoms with Crippen molar-refractivity contribution in [2.75, 3.05) is 13.7 Å². The van der Waals surface area contributed by atoms with E-state index in [-0.39, 0.29) is 12.1 Å². The molecule has 1 N–H and O–H groups in total. The summed E-state index contributed by atoms with van der Waals surface area (Å²) in [5, 5.41) is 4.26. The fourth-order valence-electron chi connectivity index (χ4n) is 4.25. The molecule has 7 nitrogen and oxygen atoms in total. The van der Waals surface area contributed by atoms with Crippen LogP contribution in [0, 0.1) is 13.8 Å². The molecule has 0 radical (unpaired) electrons. The first-order chi connectivity index (χ1) is 12.6. The lowest BCUT2D eigenvalue weighted by atomic mass is 9.89. The molecule has 2 aromatic heterocycles. The third-order valence-corrected chi connectivity index (χ3v) is 5.94. The van der Waals surface area contributed by atoms with Crippen molar-refractivity contribution in [3.8, 4) is 0 Å². The van der Waals surface area contributed by atoms with Gasteiger partial charge in [0.05, 0.1) is 24.4 Å². The number of likely N-dealkylation sites (tertiary alicyclic amines) is 1. The zero-order valence-corrected chi connectivity index (χ0v) is 16.0. The van der Waals surface area contributed by atoms with Crippen LogP contribution in [-0.2, 0) is 11.3 Å². The van der Waals surface area contributed by atoms with Crippen LogP contribution >= 0.6 is 0 Å². The number of aromatic amines is 1. The topological polar surface area (TPSA) is 80.1 Å². The van der Waals surface area contributed by atoms with Gasteiger partial charge < -0.3 is 14.2 Å². The van der Waals surface area contributed by atoms with E-state index in [0.29, 0.717) is 12.5 Å². The maximum Gasteiger partial charge on any atom is 0.229 e. The third kappa shape index (κ3) is 3.55. The average molecular weight is 359 g/mol. The van der Waals surface area contributed by atoms with Gasteiger partial charge in [-0.2, -0.15) is 4.98 Å². The minimum Gasteiger partial charge on any atom is -0.380 e. The molecule has 2 aromatic rings. The van der Waals surface area contributed by atoms with Gasteiger partial charge in [-0.15, -0.1) is 0 Å². The van der Waals surface area contributed by atoms with E-state index < -0.39 is 0 Å². The Morgan fingerprint density at radius 3 is 2.69 bits per heavy atom. The van der Waals surface area contributed by atoms with E-state index in [0.717, 1.165) is 41.9 Å². The number of methoxy groups -OCH3 is 1. The Morgan fingerprint density at radius 2 is 2.00 bits per heavy atom. The fourth-order valence-corrected chi connectivity index (χ4v) is 4.25. The second kappa shape index (κ2) is 7.48. The summed E-state index contributed by atoms with van der Waals surface area (Å²) in [6, 6.07) is 0.198. The van der Waals surface area contributed by atoms with Gasteiger partial charge in [-0.05, 0) is 33.1 Å². The number of aryl methyl sites for hydroxylation is 2. The van der Waals surface area contributed by atoms with Gasteiger partial charge in [-0.3, -0.25) is 4.90 Å². The van der Waals surface area contributed by atoms with Gasteiger partial charge in [-0.1, -0.05) is 24.4 Å². The summed E-state index contributed by atoms with van der Waals surface area (Å²) in [5.41, 5.74) is 2.18. The Labute approximate surface area is 154 Å². The highest BCUT2D eigenvalue weighted by molar-refractivity contribution is 5.14. The van der Waals surface area contributed by atoms with Crippen LogP contribution < -0.4 is 0 Å². The molecule has 2 fully saturated rings. The summed E-state index contributed by atoms with van der Waals surface area (Å²) in [4.78, 5) is 15.2. The average Bonchev–Trinajstić information content (AvgIpc) is 3.36. The van der Waals surface area contributed by atoms with Crippen LogP contribution in [0.25, 0.3) is 0 Å². The maximum atomic E-state index is 5.62. The molecule has 7 heteroatoms. The number of ether oxygens (including phenoxy) is 1. The summed E-state index contributed by atoms with van der Waals surface area (Å²) < 4.78 is 11.2. The molecule has 1 saturated carbocycles. The second-order valence-corrected chi connectivity index (χ2v) is 7.75. The van der Waals surface area contributed by atoms with Crippen molar-refractivity contribution in [3.63, 3.8) is 0 Å². The lowest BCUT2D eigenvalue weighted by Crippen LogP contribution is -2.26. The molecule has 0 amide bonds. The zero-order valence-electron chi connectivity index (χ0n) is 16.0. The molecule has 0 bridgehead atoms. The quantitative estimate of drug-likeness (QED) is 0.881. The number of nitrogens with one attached hydrogen (secondary N) is 1. The van der Waals surface area contributed by atoms with Gasteiger partial charge in [0, 0.05) is 25.3 Å². The van der Waals surface area contributed by atoms with E-state index in [1.165, 1.54) is 32.1 Å². The summed E-state index contributed by atoms with van der Waals surface area (Å²) >= 11 is 0. The SMILES string of the molecule is CO[C@@H]1C[C@@H](c2nc(C)c(C)[nH]2)N(Cc2noc(C3CCCCC3)n2)C1. The Balaban J connectivity index is 1.49. The second-order valence-electron chi connectivity index (χ2n) is 7.75. The summed E-state index contributed by atoms with van der Waals surface area (Å²) in [6.07, 6.45) is 7.33. The first-order valence-corrected chi connectivity index (χ1v) is 9.76.